The molecule has 0 spiro atoms. The number of aromatic hydroxyl groups is 1. The van der Waals surface area contributed by atoms with Gasteiger partial charge in [0.15, 0.2) is 0 Å². The first kappa shape index (κ1) is 24.3. The van der Waals surface area contributed by atoms with Crippen LogP contribution in [0.15, 0.2) is 60.8 Å². The van der Waals surface area contributed by atoms with Crippen molar-refractivity contribution in [3.63, 3.8) is 0 Å². The van der Waals surface area contributed by atoms with Crippen LogP contribution in [0.4, 0.5) is 17.3 Å². The lowest BCUT2D eigenvalue weighted by molar-refractivity contribution is 0.189. The highest BCUT2D eigenvalue weighted by atomic mass is 35.5. The van der Waals surface area contributed by atoms with Gasteiger partial charge in [-0.1, -0.05) is 17.7 Å². The molecule has 186 valence electrons. The quantitative estimate of drug-likeness (QED) is 0.299. The Morgan fingerprint density at radius 1 is 0.944 bits per heavy atom. The summed E-state index contributed by atoms with van der Waals surface area (Å²) in [5.74, 6) is 0.612. The summed E-state index contributed by atoms with van der Waals surface area (Å²) in [6.45, 7) is 4.28. The molecule has 0 unspecified atom stereocenters. The number of phenols is 1. The van der Waals surface area contributed by atoms with Gasteiger partial charge in [-0.3, -0.25) is 4.90 Å². The molecule has 3 aromatic carbocycles. The van der Waals surface area contributed by atoms with Gasteiger partial charge in [0, 0.05) is 66.3 Å². The third-order valence-corrected chi connectivity index (χ3v) is 6.74. The fourth-order valence-electron chi connectivity index (χ4n) is 4.52. The summed E-state index contributed by atoms with van der Waals surface area (Å²) in [7, 11) is 0. The maximum absolute atomic E-state index is 9.84. The van der Waals surface area contributed by atoms with Crippen molar-refractivity contribution in [2.75, 3.05) is 49.5 Å². The van der Waals surface area contributed by atoms with E-state index < -0.39 is 0 Å². The van der Waals surface area contributed by atoms with Crippen molar-refractivity contribution in [2.24, 2.45) is 0 Å². The Morgan fingerprint density at radius 3 is 2.56 bits per heavy atom. The molecular weight excluding hydrogens is 478 g/mol. The maximum atomic E-state index is 9.84. The van der Waals surface area contributed by atoms with Gasteiger partial charge in [-0.05, 0) is 59.7 Å². The molecule has 4 aromatic rings. The number of hydrogen-bond acceptors (Lipinski definition) is 8. The number of phenolic OH excluding ortho intramolecular Hbond substituents is 1. The standard InChI is InChI=1S/C27H28ClN5O3/c28-25-3-2-23(36)15-24(25)19-1-4-26-20(13-19)16-29-27(31-26)30-21-11-18(17-35)12-22(14-21)33-7-5-32(6-8-33)9-10-34/h1-4,11-16,34-36H,5-10,17H2,(H,29,30,31). The molecular formula is C27H28ClN5O3. The topological polar surface area (TPSA) is 105 Å². The van der Waals surface area contributed by atoms with Gasteiger partial charge in [0.05, 0.1) is 18.7 Å². The van der Waals surface area contributed by atoms with Crippen LogP contribution in [0.5, 0.6) is 5.75 Å². The van der Waals surface area contributed by atoms with E-state index in [2.05, 4.69) is 25.1 Å². The molecule has 1 aromatic heterocycles. The molecule has 1 aliphatic rings. The summed E-state index contributed by atoms with van der Waals surface area (Å²) >= 11 is 6.33. The summed E-state index contributed by atoms with van der Waals surface area (Å²) in [5, 5.41) is 33.5. The van der Waals surface area contributed by atoms with Crippen LogP contribution >= 0.6 is 11.6 Å². The van der Waals surface area contributed by atoms with Crippen LogP contribution in [0.25, 0.3) is 22.0 Å². The first-order valence-electron chi connectivity index (χ1n) is 11.9. The van der Waals surface area contributed by atoms with Crippen molar-refractivity contribution >= 4 is 39.8 Å². The molecule has 5 rings (SSSR count). The largest absolute Gasteiger partial charge is 0.508 e. The van der Waals surface area contributed by atoms with Gasteiger partial charge in [-0.25, -0.2) is 9.97 Å². The molecule has 2 heterocycles. The number of piperazine rings is 1. The zero-order valence-corrected chi connectivity index (χ0v) is 20.5. The SMILES string of the molecule is OCCN1CCN(c2cc(CO)cc(Nc3ncc4cc(-c5cc(O)ccc5Cl)ccc4n3)c2)CC1. The summed E-state index contributed by atoms with van der Waals surface area (Å²) in [6, 6.07) is 16.6. The summed E-state index contributed by atoms with van der Waals surface area (Å²) in [5.41, 5.74) is 5.02. The van der Waals surface area contributed by atoms with Gasteiger partial charge in [-0.2, -0.15) is 0 Å². The zero-order chi connectivity index (χ0) is 25.1. The smallest absolute Gasteiger partial charge is 0.227 e. The van der Waals surface area contributed by atoms with Gasteiger partial charge in [0.25, 0.3) is 0 Å². The molecule has 0 radical (unpaired) electrons. The summed E-state index contributed by atoms with van der Waals surface area (Å²) < 4.78 is 0. The van der Waals surface area contributed by atoms with Crippen molar-refractivity contribution in [1.82, 2.24) is 14.9 Å². The van der Waals surface area contributed by atoms with E-state index in [4.69, 9.17) is 11.6 Å². The van der Waals surface area contributed by atoms with E-state index in [1.807, 2.05) is 36.4 Å². The number of nitrogens with zero attached hydrogens (tertiary/aromatic N) is 4. The van der Waals surface area contributed by atoms with E-state index in [-0.39, 0.29) is 19.0 Å². The van der Waals surface area contributed by atoms with Crippen LogP contribution < -0.4 is 10.2 Å². The Bertz CT molecular complexity index is 1380. The number of rotatable bonds is 7. The Labute approximate surface area is 214 Å². The van der Waals surface area contributed by atoms with Crippen LogP contribution in [0, 0.1) is 0 Å². The number of hydrogen-bond donors (Lipinski definition) is 4. The minimum Gasteiger partial charge on any atom is -0.508 e. The van der Waals surface area contributed by atoms with Crippen LogP contribution in [0.2, 0.25) is 5.02 Å². The second-order valence-electron chi connectivity index (χ2n) is 8.85. The third-order valence-electron chi connectivity index (χ3n) is 6.41. The second-order valence-corrected chi connectivity index (χ2v) is 9.26. The molecule has 1 aliphatic heterocycles. The molecule has 0 atom stereocenters. The monoisotopic (exact) mass is 505 g/mol. The van der Waals surface area contributed by atoms with Crippen LogP contribution in [0.3, 0.4) is 0 Å². The van der Waals surface area contributed by atoms with E-state index in [0.29, 0.717) is 17.5 Å². The van der Waals surface area contributed by atoms with E-state index in [1.165, 1.54) is 0 Å². The lowest BCUT2D eigenvalue weighted by Gasteiger charge is -2.36. The normalized spacial score (nSPS) is 14.4. The van der Waals surface area contributed by atoms with Crippen molar-refractivity contribution in [1.29, 1.82) is 0 Å². The number of β-amino-alcohol motifs (C(OH)–C–C–N with tert-alkyl or cyclic N) is 1. The Hall–Kier alpha value is -3.43. The number of aliphatic hydroxyl groups excluding tert-OH is 2. The van der Waals surface area contributed by atoms with E-state index >= 15 is 0 Å². The highest BCUT2D eigenvalue weighted by Gasteiger charge is 2.18. The lowest BCUT2D eigenvalue weighted by Crippen LogP contribution is -2.47. The van der Waals surface area contributed by atoms with Gasteiger partial charge in [-0.15, -0.1) is 0 Å². The first-order valence-corrected chi connectivity index (χ1v) is 12.3. The highest BCUT2D eigenvalue weighted by molar-refractivity contribution is 6.33. The fraction of sp³-hybridized carbons (Fsp3) is 0.259. The van der Waals surface area contributed by atoms with Crippen molar-refractivity contribution < 1.29 is 15.3 Å². The third kappa shape index (κ3) is 5.37. The van der Waals surface area contributed by atoms with Crippen LogP contribution in [-0.4, -0.2) is 69.5 Å². The summed E-state index contributed by atoms with van der Waals surface area (Å²) in [4.78, 5) is 13.7. The number of benzene rings is 3. The number of nitrogens with one attached hydrogen (secondary N) is 1. The molecule has 9 heteroatoms. The van der Waals surface area contributed by atoms with Gasteiger partial charge in [0.2, 0.25) is 5.95 Å². The maximum Gasteiger partial charge on any atom is 0.227 e. The molecule has 8 nitrogen and oxygen atoms in total. The van der Waals surface area contributed by atoms with Crippen LogP contribution in [-0.2, 0) is 6.61 Å². The molecule has 1 saturated heterocycles. The Kier molecular flexibility index (Phi) is 7.20. The molecule has 36 heavy (non-hydrogen) atoms. The number of aromatic nitrogens is 2. The number of halogens is 1. The first-order chi connectivity index (χ1) is 17.5. The lowest BCUT2D eigenvalue weighted by atomic mass is 10.0. The van der Waals surface area contributed by atoms with E-state index in [1.54, 1.807) is 24.4 Å². The van der Waals surface area contributed by atoms with Gasteiger partial charge < -0.3 is 25.5 Å². The number of fused-ring (bicyclic) bond motifs is 1. The van der Waals surface area contributed by atoms with E-state index in [9.17, 15) is 15.3 Å². The van der Waals surface area contributed by atoms with Crippen molar-refractivity contribution in [3.8, 4) is 16.9 Å². The van der Waals surface area contributed by atoms with Crippen LogP contribution in [0.1, 0.15) is 5.56 Å². The Morgan fingerprint density at radius 2 is 1.78 bits per heavy atom. The molecule has 4 N–H and O–H groups in total. The van der Waals surface area contributed by atoms with Crippen molar-refractivity contribution in [3.05, 3.63) is 71.4 Å². The predicted octanol–water partition coefficient (Wildman–Crippen LogP) is 4.01. The second kappa shape index (κ2) is 10.7. The van der Waals surface area contributed by atoms with Crippen molar-refractivity contribution in [2.45, 2.75) is 6.61 Å². The molecule has 0 aliphatic carbocycles. The Balaban J connectivity index is 1.37. The average molecular weight is 506 g/mol. The molecule has 0 saturated carbocycles. The predicted molar refractivity (Wildman–Crippen MR) is 143 cm³/mol. The minimum absolute atomic E-state index is 0.0635. The summed E-state index contributed by atoms with van der Waals surface area (Å²) in [6.07, 6.45) is 1.75. The molecule has 0 bridgehead atoms. The minimum atomic E-state index is -0.0635. The molecule has 0 amide bonds. The van der Waals surface area contributed by atoms with Gasteiger partial charge in [0.1, 0.15) is 5.75 Å². The molecule has 1 fully saturated rings. The zero-order valence-electron chi connectivity index (χ0n) is 19.7. The highest BCUT2D eigenvalue weighted by Crippen LogP contribution is 2.33. The van der Waals surface area contributed by atoms with Gasteiger partial charge >= 0.3 is 0 Å². The average Bonchev–Trinajstić information content (AvgIpc) is 2.90. The number of aliphatic hydroxyl groups is 2. The fourth-order valence-corrected chi connectivity index (χ4v) is 4.74. The number of anilines is 3. The van der Waals surface area contributed by atoms with E-state index in [0.717, 1.165) is 65.1 Å².